The maximum atomic E-state index is 11.6. The molecule has 0 unspecified atom stereocenters. The van der Waals surface area contributed by atoms with Gasteiger partial charge in [-0.05, 0) is 13.3 Å². The van der Waals surface area contributed by atoms with Crippen LogP contribution in [0, 0.1) is 6.92 Å². The third-order valence-corrected chi connectivity index (χ3v) is 4.46. The highest BCUT2D eigenvalue weighted by molar-refractivity contribution is 7.88. The lowest BCUT2D eigenvalue weighted by atomic mass is 10.4. The molecule has 7 heteroatoms. The van der Waals surface area contributed by atoms with E-state index in [4.69, 9.17) is 4.74 Å². The molecule has 0 amide bonds. The predicted octanol–water partition coefficient (Wildman–Crippen LogP) is 0.201. The minimum Gasteiger partial charge on any atom is -0.363 e. The summed E-state index contributed by atoms with van der Waals surface area (Å²) >= 11 is 0. The maximum Gasteiger partial charge on any atom is 0.238 e. The molecule has 1 aromatic rings. The van der Waals surface area contributed by atoms with Crippen molar-refractivity contribution in [3.05, 3.63) is 18.2 Å². The van der Waals surface area contributed by atoms with Crippen molar-refractivity contribution < 1.29 is 13.2 Å². The predicted molar refractivity (Wildman–Crippen MR) is 62.9 cm³/mol. The van der Waals surface area contributed by atoms with Crippen molar-refractivity contribution in [2.75, 3.05) is 25.6 Å². The zero-order valence-electron chi connectivity index (χ0n) is 9.87. The van der Waals surface area contributed by atoms with Crippen molar-refractivity contribution in [1.29, 1.82) is 0 Å². The van der Waals surface area contributed by atoms with Crippen LogP contribution in [0.4, 0.5) is 0 Å². The van der Waals surface area contributed by atoms with Gasteiger partial charge in [-0.15, -0.1) is 0 Å². The van der Waals surface area contributed by atoms with E-state index in [9.17, 15) is 8.42 Å². The number of imidazole rings is 1. The maximum absolute atomic E-state index is 11.6. The molecule has 0 spiro atoms. The first kappa shape index (κ1) is 12.5. The molecule has 6 nitrogen and oxygen atoms in total. The Morgan fingerprint density at radius 3 is 2.94 bits per heavy atom. The van der Waals surface area contributed by atoms with Gasteiger partial charge in [0.05, 0.1) is 6.61 Å². The second kappa shape index (κ2) is 5.16. The molecule has 1 fully saturated rings. The van der Waals surface area contributed by atoms with Gasteiger partial charge in [0.25, 0.3) is 0 Å². The summed E-state index contributed by atoms with van der Waals surface area (Å²) in [5.74, 6) is 0.770. The molecule has 0 aliphatic carbocycles. The Hall–Kier alpha value is -0.920. The average molecular weight is 259 g/mol. The molecule has 0 atom stereocenters. The van der Waals surface area contributed by atoms with E-state index < -0.39 is 10.0 Å². The first-order valence-electron chi connectivity index (χ1n) is 5.63. The first-order valence-corrected chi connectivity index (χ1v) is 7.24. The quantitative estimate of drug-likeness (QED) is 0.775. The van der Waals surface area contributed by atoms with Gasteiger partial charge in [-0.1, -0.05) is 0 Å². The van der Waals surface area contributed by atoms with Crippen molar-refractivity contribution in [3.63, 3.8) is 0 Å². The zero-order valence-corrected chi connectivity index (χ0v) is 10.7. The van der Waals surface area contributed by atoms with Gasteiger partial charge < -0.3 is 9.30 Å². The lowest BCUT2D eigenvalue weighted by molar-refractivity contribution is 0.131. The van der Waals surface area contributed by atoms with E-state index in [1.807, 2.05) is 17.7 Å². The van der Waals surface area contributed by atoms with Gasteiger partial charge in [0.15, 0.2) is 5.94 Å². The monoisotopic (exact) mass is 259 g/mol. The largest absolute Gasteiger partial charge is 0.363 e. The molecule has 96 valence electrons. The molecular weight excluding hydrogens is 242 g/mol. The molecule has 1 saturated heterocycles. The Labute approximate surface area is 101 Å². The molecule has 0 bridgehead atoms. The molecule has 1 aliphatic heterocycles. The van der Waals surface area contributed by atoms with Crippen molar-refractivity contribution in [1.82, 2.24) is 13.9 Å². The van der Waals surface area contributed by atoms with Crippen molar-refractivity contribution in [2.24, 2.45) is 0 Å². The number of hydrogen-bond acceptors (Lipinski definition) is 4. The van der Waals surface area contributed by atoms with Crippen LogP contribution in [0.5, 0.6) is 0 Å². The Balaban J connectivity index is 1.84. The van der Waals surface area contributed by atoms with E-state index in [1.54, 1.807) is 6.20 Å². The van der Waals surface area contributed by atoms with Crippen LogP contribution in [-0.2, 0) is 21.3 Å². The number of hydrogen-bond donors (Lipinski definition) is 0. The number of ether oxygens (including phenoxy) is 1. The summed E-state index contributed by atoms with van der Waals surface area (Å²) in [7, 11) is -3.19. The van der Waals surface area contributed by atoms with Crippen LogP contribution in [0.1, 0.15) is 12.2 Å². The summed E-state index contributed by atoms with van der Waals surface area (Å²) in [5.41, 5.74) is 0. The summed E-state index contributed by atoms with van der Waals surface area (Å²) in [6.07, 6.45) is 4.44. The smallest absolute Gasteiger partial charge is 0.238 e. The van der Waals surface area contributed by atoms with E-state index in [0.29, 0.717) is 19.7 Å². The van der Waals surface area contributed by atoms with Crippen LogP contribution < -0.4 is 0 Å². The third-order valence-electron chi connectivity index (χ3n) is 2.84. The van der Waals surface area contributed by atoms with E-state index in [2.05, 4.69) is 4.98 Å². The van der Waals surface area contributed by atoms with Crippen LogP contribution >= 0.6 is 0 Å². The third kappa shape index (κ3) is 3.05. The summed E-state index contributed by atoms with van der Waals surface area (Å²) in [6.45, 7) is 4.22. The highest BCUT2D eigenvalue weighted by atomic mass is 32.2. The van der Waals surface area contributed by atoms with Crippen LogP contribution in [0.25, 0.3) is 0 Å². The Morgan fingerprint density at radius 1 is 1.47 bits per heavy atom. The number of rotatable bonds is 4. The second-order valence-corrected chi connectivity index (χ2v) is 5.97. The average Bonchev–Trinajstić information content (AvgIpc) is 2.67. The van der Waals surface area contributed by atoms with Gasteiger partial charge in [0, 0.05) is 32.0 Å². The SMILES string of the molecule is Cc1nccn1CCCN1CCOCS1(=O)=O. The van der Waals surface area contributed by atoms with Gasteiger partial charge in [0.1, 0.15) is 5.82 Å². The summed E-state index contributed by atoms with van der Waals surface area (Å²) < 4.78 is 31.7. The van der Waals surface area contributed by atoms with E-state index in [0.717, 1.165) is 18.8 Å². The van der Waals surface area contributed by atoms with Gasteiger partial charge in [-0.2, -0.15) is 4.31 Å². The molecule has 1 aromatic heterocycles. The molecule has 0 radical (unpaired) electrons. The van der Waals surface area contributed by atoms with E-state index in [-0.39, 0.29) is 5.94 Å². The summed E-state index contributed by atoms with van der Waals surface area (Å²) in [6, 6.07) is 0. The highest BCUT2D eigenvalue weighted by Crippen LogP contribution is 2.09. The number of aromatic nitrogens is 2. The Bertz CT molecular complexity index is 469. The van der Waals surface area contributed by atoms with E-state index in [1.165, 1.54) is 4.31 Å². The summed E-state index contributed by atoms with van der Waals surface area (Å²) in [4.78, 5) is 4.12. The van der Waals surface area contributed by atoms with Gasteiger partial charge >= 0.3 is 0 Å². The zero-order chi connectivity index (χ0) is 12.3. The van der Waals surface area contributed by atoms with Crippen LogP contribution in [0.3, 0.4) is 0 Å². The fourth-order valence-corrected chi connectivity index (χ4v) is 3.09. The van der Waals surface area contributed by atoms with Crippen LogP contribution in [0.2, 0.25) is 0 Å². The second-order valence-electron chi connectivity index (χ2n) is 4.06. The standard InChI is InChI=1S/C10H17N3O3S/c1-10-11-3-6-12(10)4-2-5-13-7-8-16-9-17(13,14)15/h3,6H,2,4-5,7-9H2,1H3. The van der Waals surface area contributed by atoms with Gasteiger partial charge in [-0.3, -0.25) is 0 Å². The topological polar surface area (TPSA) is 64.4 Å². The molecule has 0 N–H and O–H groups in total. The number of nitrogens with zero attached hydrogens (tertiary/aromatic N) is 3. The molecular formula is C10H17N3O3S. The lowest BCUT2D eigenvalue weighted by Crippen LogP contribution is -2.41. The highest BCUT2D eigenvalue weighted by Gasteiger charge is 2.25. The first-order chi connectivity index (χ1) is 8.09. The molecule has 1 aliphatic rings. The fourth-order valence-electron chi connectivity index (χ4n) is 1.85. The van der Waals surface area contributed by atoms with Gasteiger partial charge in [-0.25, -0.2) is 13.4 Å². The van der Waals surface area contributed by atoms with Gasteiger partial charge in [0.2, 0.25) is 10.0 Å². The molecule has 17 heavy (non-hydrogen) atoms. The van der Waals surface area contributed by atoms with Crippen LogP contribution in [0.15, 0.2) is 12.4 Å². The van der Waals surface area contributed by atoms with Crippen LogP contribution in [-0.4, -0.2) is 47.9 Å². The summed E-state index contributed by atoms with van der Waals surface area (Å²) in [5, 5.41) is 0. The number of sulfonamides is 1. The molecule has 0 saturated carbocycles. The van der Waals surface area contributed by atoms with E-state index >= 15 is 0 Å². The number of aryl methyl sites for hydroxylation is 2. The van der Waals surface area contributed by atoms with Crippen molar-refractivity contribution >= 4 is 10.0 Å². The molecule has 0 aromatic carbocycles. The van der Waals surface area contributed by atoms with Crippen molar-refractivity contribution in [2.45, 2.75) is 19.9 Å². The Morgan fingerprint density at radius 2 is 2.29 bits per heavy atom. The normalized spacial score (nSPS) is 20.5. The minimum absolute atomic E-state index is 0.183. The van der Waals surface area contributed by atoms with Crippen molar-refractivity contribution in [3.8, 4) is 0 Å². The lowest BCUT2D eigenvalue weighted by Gasteiger charge is -2.26. The minimum atomic E-state index is -3.19. The Kier molecular flexibility index (Phi) is 3.80. The fraction of sp³-hybridized carbons (Fsp3) is 0.700. The molecule has 2 rings (SSSR count). The molecule has 2 heterocycles.